The summed E-state index contributed by atoms with van der Waals surface area (Å²) in [5, 5.41) is 6.28. The molecule has 2 atom stereocenters. The van der Waals surface area contributed by atoms with Crippen molar-refractivity contribution in [3.05, 3.63) is 54.4 Å². The second kappa shape index (κ2) is 9.06. The van der Waals surface area contributed by atoms with Crippen molar-refractivity contribution >= 4 is 35.8 Å². The summed E-state index contributed by atoms with van der Waals surface area (Å²) in [5.41, 5.74) is 2.07. The van der Waals surface area contributed by atoms with Crippen LogP contribution in [0.2, 0.25) is 0 Å². The van der Waals surface area contributed by atoms with Crippen molar-refractivity contribution in [1.82, 2.24) is 10.3 Å². The molecule has 0 spiro atoms. The number of aromatic nitrogens is 1. The van der Waals surface area contributed by atoms with Gasteiger partial charge in [-0.2, -0.15) is 0 Å². The van der Waals surface area contributed by atoms with Gasteiger partial charge in [0.25, 0.3) is 0 Å². The maximum Gasteiger partial charge on any atom is 0.229 e. The van der Waals surface area contributed by atoms with Gasteiger partial charge in [0.2, 0.25) is 5.91 Å². The van der Waals surface area contributed by atoms with Gasteiger partial charge in [0.05, 0.1) is 5.92 Å². The number of thioether (sulfide) groups is 1. The van der Waals surface area contributed by atoms with Crippen LogP contribution in [0.5, 0.6) is 0 Å². The van der Waals surface area contributed by atoms with Crippen LogP contribution in [0.25, 0.3) is 0 Å². The van der Waals surface area contributed by atoms with E-state index in [1.165, 1.54) is 10.5 Å². The first-order valence-corrected chi connectivity index (χ1v) is 8.84. The predicted molar refractivity (Wildman–Crippen MR) is 102 cm³/mol. The number of amides is 1. The van der Waals surface area contributed by atoms with Gasteiger partial charge in [0.1, 0.15) is 0 Å². The number of hydrogen-bond acceptors (Lipinski definition) is 4. The fourth-order valence-electron chi connectivity index (χ4n) is 2.68. The Labute approximate surface area is 153 Å². The minimum absolute atomic E-state index is 0. The lowest BCUT2D eigenvalue weighted by Crippen LogP contribution is -2.27. The van der Waals surface area contributed by atoms with Crippen molar-refractivity contribution in [2.24, 2.45) is 11.8 Å². The van der Waals surface area contributed by atoms with E-state index in [0.717, 1.165) is 24.5 Å². The van der Waals surface area contributed by atoms with Crippen LogP contribution < -0.4 is 10.6 Å². The number of benzene rings is 1. The molecule has 0 saturated carbocycles. The third-order valence-electron chi connectivity index (χ3n) is 4.10. The molecule has 4 nitrogen and oxygen atoms in total. The highest BCUT2D eigenvalue weighted by molar-refractivity contribution is 7.98. The molecule has 1 aromatic heterocycles. The topological polar surface area (TPSA) is 54.0 Å². The molecule has 6 heteroatoms. The molecule has 2 aromatic rings. The molecular weight excluding hydrogens is 342 g/mol. The van der Waals surface area contributed by atoms with E-state index in [1.807, 2.05) is 36.5 Å². The summed E-state index contributed by atoms with van der Waals surface area (Å²) >= 11 is 1.76. The maximum atomic E-state index is 12.3. The lowest BCUT2D eigenvalue weighted by molar-refractivity contribution is -0.120. The Morgan fingerprint density at radius 2 is 2.08 bits per heavy atom. The summed E-state index contributed by atoms with van der Waals surface area (Å²) in [4.78, 5) is 17.6. The van der Waals surface area contributed by atoms with Gasteiger partial charge in [-0.3, -0.25) is 9.78 Å². The Kier molecular flexibility index (Phi) is 7.09. The number of nitrogens with one attached hydrogen (secondary N) is 2. The molecule has 0 bridgehead atoms. The highest BCUT2D eigenvalue weighted by Gasteiger charge is 2.29. The Balaban J connectivity index is 0.00000208. The third-order valence-corrected chi connectivity index (χ3v) is 5.19. The zero-order valence-electron chi connectivity index (χ0n) is 13.6. The van der Waals surface area contributed by atoms with Crippen LogP contribution in [0.1, 0.15) is 12.5 Å². The van der Waals surface area contributed by atoms with Gasteiger partial charge in [-0.1, -0.05) is 13.0 Å². The number of carbonyl (C=O) groups excluding carboxylic acids is 1. The molecule has 0 unspecified atom stereocenters. The molecule has 1 fully saturated rings. The third kappa shape index (κ3) is 4.97. The molecule has 128 valence electrons. The van der Waals surface area contributed by atoms with Crippen molar-refractivity contribution in [3.63, 3.8) is 0 Å². The summed E-state index contributed by atoms with van der Waals surface area (Å²) in [5.74, 6) is 1.46. The van der Waals surface area contributed by atoms with E-state index in [-0.39, 0.29) is 24.2 Å². The number of carbonyl (C=O) groups is 1. The fraction of sp³-hybridized carbons (Fsp3) is 0.333. The molecule has 1 aromatic carbocycles. The van der Waals surface area contributed by atoms with Gasteiger partial charge < -0.3 is 10.6 Å². The van der Waals surface area contributed by atoms with E-state index in [2.05, 4.69) is 28.6 Å². The smallest absolute Gasteiger partial charge is 0.229 e. The van der Waals surface area contributed by atoms with Gasteiger partial charge in [0.15, 0.2) is 0 Å². The van der Waals surface area contributed by atoms with E-state index in [4.69, 9.17) is 0 Å². The van der Waals surface area contributed by atoms with Crippen LogP contribution >= 0.6 is 24.2 Å². The van der Waals surface area contributed by atoms with Crippen LogP contribution in [0.15, 0.2) is 53.7 Å². The van der Waals surface area contributed by atoms with Crippen molar-refractivity contribution in [2.75, 3.05) is 18.4 Å². The predicted octanol–water partition coefficient (Wildman–Crippen LogP) is 3.59. The van der Waals surface area contributed by atoms with Gasteiger partial charge >= 0.3 is 0 Å². The first-order valence-electron chi connectivity index (χ1n) is 7.86. The Hall–Kier alpha value is -1.56. The highest BCUT2D eigenvalue weighted by atomic mass is 35.5. The van der Waals surface area contributed by atoms with Crippen LogP contribution in [0.3, 0.4) is 0 Å². The summed E-state index contributed by atoms with van der Waals surface area (Å²) in [7, 11) is 0. The first-order chi connectivity index (χ1) is 11.2. The second-order valence-corrected chi connectivity index (χ2v) is 6.95. The van der Waals surface area contributed by atoms with Crippen molar-refractivity contribution in [2.45, 2.75) is 17.6 Å². The van der Waals surface area contributed by atoms with E-state index in [9.17, 15) is 4.79 Å². The molecule has 1 saturated heterocycles. The minimum atomic E-state index is 0. The summed E-state index contributed by atoms with van der Waals surface area (Å²) < 4.78 is 0. The van der Waals surface area contributed by atoms with Crippen molar-refractivity contribution in [3.8, 4) is 0 Å². The number of pyridine rings is 1. The number of rotatable bonds is 5. The highest BCUT2D eigenvalue weighted by Crippen LogP contribution is 2.24. The molecule has 24 heavy (non-hydrogen) atoms. The molecule has 3 rings (SSSR count). The normalized spacial score (nSPS) is 19.5. The maximum absolute atomic E-state index is 12.3. The Morgan fingerprint density at radius 3 is 2.71 bits per heavy atom. The standard InChI is InChI=1S/C18H21N3OS.ClH/c1-13-9-20-11-17(13)18(22)21-15-4-6-16(7-5-15)23-12-14-3-2-8-19-10-14;/h2-8,10,13,17,20H,9,11-12H2,1H3,(H,21,22);1H/t13-,17-;/m1./s1. The second-order valence-electron chi connectivity index (χ2n) is 5.91. The van der Waals surface area contributed by atoms with Crippen molar-refractivity contribution in [1.29, 1.82) is 0 Å². The Bertz CT molecular complexity index is 651. The molecular formula is C18H22ClN3OS. The van der Waals surface area contributed by atoms with Gasteiger partial charge in [-0.25, -0.2) is 0 Å². The molecule has 0 radical (unpaired) electrons. The van der Waals surface area contributed by atoms with Gasteiger partial charge in [-0.05, 0) is 48.4 Å². The fourth-order valence-corrected chi connectivity index (χ4v) is 3.51. The van der Waals surface area contributed by atoms with Crippen molar-refractivity contribution < 1.29 is 4.79 Å². The van der Waals surface area contributed by atoms with Crippen LogP contribution in [-0.4, -0.2) is 24.0 Å². The minimum Gasteiger partial charge on any atom is -0.326 e. The largest absolute Gasteiger partial charge is 0.326 e. The van der Waals surface area contributed by atoms with E-state index < -0.39 is 0 Å². The van der Waals surface area contributed by atoms with Crippen LogP contribution in [0, 0.1) is 11.8 Å². The summed E-state index contributed by atoms with van der Waals surface area (Å²) in [6.45, 7) is 3.80. The molecule has 1 aliphatic rings. The summed E-state index contributed by atoms with van der Waals surface area (Å²) in [6, 6.07) is 12.1. The molecule has 0 aliphatic carbocycles. The van der Waals surface area contributed by atoms with Gasteiger partial charge in [-0.15, -0.1) is 24.2 Å². The lowest BCUT2D eigenvalue weighted by Gasteiger charge is -2.14. The average Bonchev–Trinajstić information content (AvgIpc) is 3.01. The number of nitrogens with zero attached hydrogens (tertiary/aromatic N) is 1. The quantitative estimate of drug-likeness (QED) is 0.797. The summed E-state index contributed by atoms with van der Waals surface area (Å²) in [6.07, 6.45) is 3.67. The molecule has 1 amide bonds. The SMILES string of the molecule is C[C@@H]1CNC[C@H]1C(=O)Nc1ccc(SCc2cccnc2)cc1.Cl. The molecule has 1 aliphatic heterocycles. The van der Waals surface area contributed by atoms with Crippen LogP contribution in [-0.2, 0) is 10.5 Å². The number of anilines is 1. The molecule has 2 heterocycles. The average molecular weight is 364 g/mol. The first kappa shape index (κ1) is 18.8. The van der Waals surface area contributed by atoms with E-state index >= 15 is 0 Å². The van der Waals surface area contributed by atoms with E-state index in [1.54, 1.807) is 18.0 Å². The molecule has 2 N–H and O–H groups in total. The number of halogens is 1. The lowest BCUT2D eigenvalue weighted by atomic mass is 9.97. The monoisotopic (exact) mass is 363 g/mol. The van der Waals surface area contributed by atoms with Crippen LogP contribution in [0.4, 0.5) is 5.69 Å². The zero-order chi connectivity index (χ0) is 16.1. The number of hydrogen-bond donors (Lipinski definition) is 2. The Morgan fingerprint density at radius 1 is 1.29 bits per heavy atom. The zero-order valence-corrected chi connectivity index (χ0v) is 15.2. The van der Waals surface area contributed by atoms with E-state index in [0.29, 0.717) is 5.92 Å². The van der Waals surface area contributed by atoms with Gasteiger partial charge in [0, 0.05) is 35.3 Å².